The molecule has 90 valence electrons. The molecule has 0 fully saturated rings. The summed E-state index contributed by atoms with van der Waals surface area (Å²) in [6.07, 6.45) is 0. The van der Waals surface area contributed by atoms with E-state index in [0.29, 0.717) is 0 Å². The van der Waals surface area contributed by atoms with Crippen molar-refractivity contribution in [2.24, 2.45) is 0 Å². The summed E-state index contributed by atoms with van der Waals surface area (Å²) in [6, 6.07) is 2.99. The summed E-state index contributed by atoms with van der Waals surface area (Å²) in [6.45, 7) is 1.63. The van der Waals surface area contributed by atoms with Gasteiger partial charge in [-0.3, -0.25) is 14.3 Å². The molecule has 1 atom stereocenters. The van der Waals surface area contributed by atoms with Crippen molar-refractivity contribution in [3.63, 3.8) is 0 Å². The number of thiophene rings is 1. The second kappa shape index (κ2) is 4.17. The minimum absolute atomic E-state index is 0.547. The molecule has 0 bridgehead atoms. The molecule has 0 aliphatic carbocycles. The van der Waals surface area contributed by atoms with Gasteiger partial charge >= 0.3 is 5.69 Å². The van der Waals surface area contributed by atoms with Crippen LogP contribution in [0.5, 0.6) is 5.88 Å². The molecule has 2 rings (SSSR count). The third-order valence-corrected chi connectivity index (χ3v) is 3.45. The average molecular weight is 256 g/mol. The summed E-state index contributed by atoms with van der Waals surface area (Å²) in [4.78, 5) is 25.0. The van der Waals surface area contributed by atoms with Crippen LogP contribution in [0.3, 0.4) is 0 Å². The van der Waals surface area contributed by atoms with Crippen LogP contribution in [0, 0.1) is 5.82 Å². The first kappa shape index (κ1) is 11.6. The molecule has 2 aromatic rings. The van der Waals surface area contributed by atoms with E-state index in [1.165, 1.54) is 11.3 Å². The van der Waals surface area contributed by atoms with Gasteiger partial charge in [-0.05, 0) is 18.4 Å². The Bertz CT molecular complexity index is 645. The van der Waals surface area contributed by atoms with Gasteiger partial charge < -0.3 is 5.11 Å². The zero-order chi connectivity index (χ0) is 12.6. The van der Waals surface area contributed by atoms with Gasteiger partial charge in [-0.1, -0.05) is 6.07 Å². The molecule has 2 aromatic heterocycles. The maximum Gasteiger partial charge on any atom is 0.331 e. The van der Waals surface area contributed by atoms with E-state index in [1.807, 2.05) is 4.98 Å². The van der Waals surface area contributed by atoms with Gasteiger partial charge in [0.15, 0.2) is 0 Å². The van der Waals surface area contributed by atoms with Gasteiger partial charge in [-0.2, -0.15) is 4.39 Å². The first-order valence-corrected chi connectivity index (χ1v) is 5.67. The summed E-state index contributed by atoms with van der Waals surface area (Å²) < 4.78 is 14.0. The van der Waals surface area contributed by atoms with Crippen molar-refractivity contribution in [2.75, 3.05) is 0 Å². The number of nitrogens with one attached hydrogen (secondary N) is 1. The van der Waals surface area contributed by atoms with Gasteiger partial charge in [0.05, 0.1) is 6.04 Å². The van der Waals surface area contributed by atoms with Crippen LogP contribution in [0.4, 0.5) is 4.39 Å². The van der Waals surface area contributed by atoms with Crippen LogP contribution in [0.2, 0.25) is 0 Å². The van der Waals surface area contributed by atoms with Crippen molar-refractivity contribution >= 4 is 11.3 Å². The molecular formula is C10H9FN2O3S. The van der Waals surface area contributed by atoms with E-state index in [2.05, 4.69) is 0 Å². The van der Waals surface area contributed by atoms with Gasteiger partial charge in [-0.15, -0.1) is 11.3 Å². The third kappa shape index (κ3) is 1.89. The molecule has 0 saturated carbocycles. The number of aromatic nitrogens is 2. The lowest BCUT2D eigenvalue weighted by Crippen LogP contribution is -2.33. The lowest BCUT2D eigenvalue weighted by Gasteiger charge is -2.14. The van der Waals surface area contributed by atoms with Crippen molar-refractivity contribution in [1.29, 1.82) is 0 Å². The van der Waals surface area contributed by atoms with Gasteiger partial charge in [0.2, 0.25) is 11.7 Å². The maximum absolute atomic E-state index is 13.2. The molecule has 7 heteroatoms. The molecule has 0 radical (unpaired) electrons. The summed E-state index contributed by atoms with van der Waals surface area (Å²) in [7, 11) is 0. The fraction of sp³-hybridized carbons (Fsp3) is 0.200. The number of hydrogen-bond acceptors (Lipinski definition) is 4. The normalized spacial score (nSPS) is 12.6. The van der Waals surface area contributed by atoms with Crippen LogP contribution in [0.15, 0.2) is 27.1 Å². The number of aromatic amines is 1. The highest BCUT2D eigenvalue weighted by Crippen LogP contribution is 2.24. The maximum atomic E-state index is 13.2. The zero-order valence-corrected chi connectivity index (χ0v) is 9.62. The second-order valence-electron chi connectivity index (χ2n) is 3.46. The first-order chi connectivity index (χ1) is 8.02. The molecular weight excluding hydrogens is 247 g/mol. The molecule has 17 heavy (non-hydrogen) atoms. The van der Waals surface area contributed by atoms with Crippen LogP contribution in [-0.2, 0) is 0 Å². The Morgan fingerprint density at radius 2 is 2.24 bits per heavy atom. The SMILES string of the molecule is CC(c1cccs1)n1c(O)c(F)c(=O)[nH]c1=O. The first-order valence-electron chi connectivity index (χ1n) is 4.79. The summed E-state index contributed by atoms with van der Waals surface area (Å²) in [5, 5.41) is 11.3. The molecule has 0 aromatic carbocycles. The van der Waals surface area contributed by atoms with E-state index in [0.717, 1.165) is 9.44 Å². The zero-order valence-electron chi connectivity index (χ0n) is 8.81. The standard InChI is InChI=1S/C10H9FN2O3S/c1-5(6-3-2-4-17-6)13-9(15)7(11)8(14)12-10(13)16/h2-5,15H,1H3,(H,12,14,16). The third-order valence-electron chi connectivity index (χ3n) is 2.41. The largest absolute Gasteiger partial charge is 0.492 e. The highest BCUT2D eigenvalue weighted by atomic mass is 32.1. The number of halogens is 1. The molecule has 0 saturated heterocycles. The molecule has 5 nitrogen and oxygen atoms in total. The van der Waals surface area contributed by atoms with Gasteiger partial charge in [0.1, 0.15) is 0 Å². The number of nitrogens with zero attached hydrogens (tertiary/aromatic N) is 1. The van der Waals surface area contributed by atoms with Crippen LogP contribution >= 0.6 is 11.3 Å². The predicted octanol–water partition coefficient (Wildman–Crippen LogP) is 1.05. The van der Waals surface area contributed by atoms with E-state index >= 15 is 0 Å². The van der Waals surface area contributed by atoms with Crippen molar-refractivity contribution in [3.05, 3.63) is 49.0 Å². The van der Waals surface area contributed by atoms with Crippen molar-refractivity contribution in [2.45, 2.75) is 13.0 Å². The van der Waals surface area contributed by atoms with Gasteiger partial charge in [-0.25, -0.2) is 4.79 Å². The average Bonchev–Trinajstić information content (AvgIpc) is 2.79. The Balaban J connectivity index is 2.65. The molecule has 0 aliphatic heterocycles. The van der Waals surface area contributed by atoms with Crippen LogP contribution in [-0.4, -0.2) is 14.7 Å². The Morgan fingerprint density at radius 3 is 2.82 bits per heavy atom. The quantitative estimate of drug-likeness (QED) is 0.843. The molecule has 0 amide bonds. The van der Waals surface area contributed by atoms with Gasteiger partial charge in [0.25, 0.3) is 5.56 Å². The van der Waals surface area contributed by atoms with Crippen molar-refractivity contribution in [3.8, 4) is 5.88 Å². The summed E-state index contributed by atoms with van der Waals surface area (Å²) in [5.74, 6) is -2.30. The fourth-order valence-electron chi connectivity index (χ4n) is 1.53. The van der Waals surface area contributed by atoms with E-state index in [-0.39, 0.29) is 0 Å². The number of H-pyrrole nitrogens is 1. The van der Waals surface area contributed by atoms with Crippen molar-refractivity contribution < 1.29 is 9.50 Å². The summed E-state index contributed by atoms with van der Waals surface area (Å²) >= 11 is 1.37. The minimum atomic E-state index is -1.35. The van der Waals surface area contributed by atoms with Crippen LogP contribution in [0.1, 0.15) is 17.8 Å². The molecule has 2 N–H and O–H groups in total. The summed E-state index contributed by atoms with van der Waals surface area (Å²) in [5.41, 5.74) is -2.06. The fourth-order valence-corrected chi connectivity index (χ4v) is 2.30. The lowest BCUT2D eigenvalue weighted by atomic mass is 10.2. The monoisotopic (exact) mass is 256 g/mol. The predicted molar refractivity (Wildman–Crippen MR) is 61.1 cm³/mol. The Morgan fingerprint density at radius 1 is 1.53 bits per heavy atom. The minimum Gasteiger partial charge on any atom is -0.492 e. The Kier molecular flexibility index (Phi) is 2.84. The Hall–Kier alpha value is -1.89. The van der Waals surface area contributed by atoms with E-state index in [1.54, 1.807) is 24.4 Å². The molecule has 0 spiro atoms. The van der Waals surface area contributed by atoms with Gasteiger partial charge in [0, 0.05) is 4.88 Å². The van der Waals surface area contributed by atoms with Crippen LogP contribution in [0.25, 0.3) is 0 Å². The van der Waals surface area contributed by atoms with Crippen molar-refractivity contribution in [1.82, 2.24) is 9.55 Å². The highest BCUT2D eigenvalue weighted by molar-refractivity contribution is 7.10. The number of aromatic hydroxyl groups is 1. The smallest absolute Gasteiger partial charge is 0.331 e. The van der Waals surface area contributed by atoms with E-state index in [4.69, 9.17) is 0 Å². The number of hydrogen-bond donors (Lipinski definition) is 2. The Labute approximate surface area is 98.8 Å². The number of rotatable bonds is 2. The second-order valence-corrected chi connectivity index (χ2v) is 4.44. The highest BCUT2D eigenvalue weighted by Gasteiger charge is 2.19. The van der Waals surface area contributed by atoms with E-state index < -0.39 is 29.0 Å². The topological polar surface area (TPSA) is 75.1 Å². The molecule has 0 aliphatic rings. The van der Waals surface area contributed by atoms with Crippen LogP contribution < -0.4 is 11.2 Å². The lowest BCUT2D eigenvalue weighted by molar-refractivity contribution is 0.352. The molecule has 2 heterocycles. The molecule has 1 unspecified atom stereocenters. The van der Waals surface area contributed by atoms with E-state index in [9.17, 15) is 19.1 Å².